The number of aromatic nitrogens is 1. The lowest BCUT2D eigenvalue weighted by Gasteiger charge is -2.10. The van der Waals surface area contributed by atoms with Crippen LogP contribution in [-0.2, 0) is 9.59 Å². The summed E-state index contributed by atoms with van der Waals surface area (Å²) in [5.74, 6) is -2.77. The first-order valence-electron chi connectivity index (χ1n) is 5.49. The van der Waals surface area contributed by atoms with Crippen molar-refractivity contribution in [2.75, 3.05) is 0 Å². The van der Waals surface area contributed by atoms with Crippen molar-refractivity contribution < 1.29 is 14.4 Å². The van der Waals surface area contributed by atoms with Gasteiger partial charge in [-0.25, -0.2) is 4.98 Å². The van der Waals surface area contributed by atoms with Crippen molar-refractivity contribution in [3.8, 4) is 9.88 Å². The number of nitrogens with two attached hydrogens (primary N) is 2. The number of carbonyl (C=O) groups excluding carboxylic acids is 3. The standard InChI is InChI=1S/C11H9ClN4O3S2/c12-6-2-1-5(21-6)11-15-4(3-20-11)10(19)16-7(8(13)17)9(14)18/h1-3,7H,(H2,13,17)(H2,14,18)(H,16,19). The second-order valence-corrected chi connectivity index (χ2v) is 6.43. The van der Waals surface area contributed by atoms with Crippen LogP contribution >= 0.6 is 34.3 Å². The lowest BCUT2D eigenvalue weighted by Crippen LogP contribution is -2.52. The van der Waals surface area contributed by atoms with Gasteiger partial charge in [-0.1, -0.05) is 11.6 Å². The van der Waals surface area contributed by atoms with Gasteiger partial charge in [0.1, 0.15) is 10.7 Å². The Hall–Kier alpha value is -1.97. The van der Waals surface area contributed by atoms with Gasteiger partial charge >= 0.3 is 0 Å². The fraction of sp³-hybridized carbons (Fsp3) is 0.0909. The molecule has 0 radical (unpaired) electrons. The highest BCUT2D eigenvalue weighted by molar-refractivity contribution is 7.23. The zero-order chi connectivity index (χ0) is 15.6. The van der Waals surface area contributed by atoms with E-state index in [1.165, 1.54) is 28.1 Å². The number of thiazole rings is 1. The summed E-state index contributed by atoms with van der Waals surface area (Å²) in [5.41, 5.74) is 10.0. The predicted octanol–water partition coefficient (Wildman–Crippen LogP) is 0.594. The number of nitrogens with one attached hydrogen (secondary N) is 1. The van der Waals surface area contributed by atoms with Gasteiger partial charge in [-0.3, -0.25) is 14.4 Å². The van der Waals surface area contributed by atoms with Crippen molar-refractivity contribution in [3.63, 3.8) is 0 Å². The van der Waals surface area contributed by atoms with E-state index < -0.39 is 23.8 Å². The summed E-state index contributed by atoms with van der Waals surface area (Å²) in [6, 6.07) is 1.93. The Balaban J connectivity index is 2.15. The predicted molar refractivity (Wildman–Crippen MR) is 80.1 cm³/mol. The topological polar surface area (TPSA) is 128 Å². The molecule has 2 rings (SSSR count). The molecule has 0 saturated heterocycles. The molecule has 0 fully saturated rings. The highest BCUT2D eigenvalue weighted by Crippen LogP contribution is 2.32. The van der Waals surface area contributed by atoms with Crippen molar-refractivity contribution in [3.05, 3.63) is 27.5 Å². The first-order valence-corrected chi connectivity index (χ1v) is 7.56. The fourth-order valence-electron chi connectivity index (χ4n) is 1.41. The Morgan fingerprint density at radius 1 is 1.24 bits per heavy atom. The lowest BCUT2D eigenvalue weighted by molar-refractivity contribution is -0.128. The van der Waals surface area contributed by atoms with E-state index in [4.69, 9.17) is 23.1 Å². The van der Waals surface area contributed by atoms with Gasteiger partial charge in [0.2, 0.25) is 11.8 Å². The largest absolute Gasteiger partial charge is 0.367 e. The minimum absolute atomic E-state index is 0.0621. The molecule has 2 aromatic heterocycles. The van der Waals surface area contributed by atoms with Crippen molar-refractivity contribution in [2.45, 2.75) is 6.04 Å². The molecule has 0 saturated carbocycles. The van der Waals surface area contributed by atoms with Crippen LogP contribution < -0.4 is 16.8 Å². The maximum absolute atomic E-state index is 11.9. The van der Waals surface area contributed by atoms with E-state index in [1.54, 1.807) is 12.1 Å². The van der Waals surface area contributed by atoms with E-state index >= 15 is 0 Å². The van der Waals surface area contributed by atoms with Crippen LogP contribution in [0.4, 0.5) is 0 Å². The Labute approximate surface area is 131 Å². The third-order valence-corrected chi connectivity index (χ3v) is 4.61. The Morgan fingerprint density at radius 2 is 1.90 bits per heavy atom. The second kappa shape index (κ2) is 6.20. The van der Waals surface area contributed by atoms with E-state index in [1.807, 2.05) is 0 Å². The normalized spacial score (nSPS) is 10.6. The van der Waals surface area contributed by atoms with Gasteiger partial charge in [-0.15, -0.1) is 22.7 Å². The minimum Gasteiger partial charge on any atom is -0.367 e. The maximum atomic E-state index is 11.9. The fourth-order valence-corrected chi connectivity index (χ4v) is 3.32. The highest BCUT2D eigenvalue weighted by Gasteiger charge is 2.25. The summed E-state index contributed by atoms with van der Waals surface area (Å²) >= 11 is 8.39. The summed E-state index contributed by atoms with van der Waals surface area (Å²) < 4.78 is 0.605. The van der Waals surface area contributed by atoms with E-state index in [0.29, 0.717) is 9.34 Å². The summed E-state index contributed by atoms with van der Waals surface area (Å²) in [5, 5.41) is 4.24. The number of primary amides is 2. The molecule has 0 atom stereocenters. The lowest BCUT2D eigenvalue weighted by atomic mass is 10.2. The van der Waals surface area contributed by atoms with Gasteiger partial charge in [0.05, 0.1) is 9.21 Å². The molecule has 0 aliphatic rings. The Morgan fingerprint density at radius 3 is 2.43 bits per heavy atom. The average Bonchev–Trinajstić information content (AvgIpc) is 3.03. The molecule has 0 bridgehead atoms. The van der Waals surface area contributed by atoms with Crippen LogP contribution in [0.5, 0.6) is 0 Å². The van der Waals surface area contributed by atoms with Gasteiger partial charge < -0.3 is 16.8 Å². The Kier molecular flexibility index (Phi) is 4.56. The molecule has 0 aliphatic heterocycles. The third-order valence-electron chi connectivity index (χ3n) is 2.37. The molecule has 21 heavy (non-hydrogen) atoms. The maximum Gasteiger partial charge on any atom is 0.271 e. The van der Waals surface area contributed by atoms with Crippen molar-refractivity contribution in [1.29, 1.82) is 0 Å². The monoisotopic (exact) mass is 344 g/mol. The molecule has 0 unspecified atom stereocenters. The smallest absolute Gasteiger partial charge is 0.271 e. The number of hydrogen-bond donors (Lipinski definition) is 3. The molecule has 5 N–H and O–H groups in total. The zero-order valence-corrected chi connectivity index (χ0v) is 12.7. The average molecular weight is 345 g/mol. The van der Waals surface area contributed by atoms with Crippen LogP contribution in [0, 0.1) is 0 Å². The van der Waals surface area contributed by atoms with E-state index in [9.17, 15) is 14.4 Å². The van der Waals surface area contributed by atoms with Gasteiger partial charge in [0.25, 0.3) is 5.91 Å². The van der Waals surface area contributed by atoms with E-state index in [2.05, 4.69) is 10.3 Å². The van der Waals surface area contributed by atoms with Crippen molar-refractivity contribution >= 4 is 52.0 Å². The number of rotatable bonds is 5. The number of halogens is 1. The van der Waals surface area contributed by atoms with Crippen LogP contribution in [-0.4, -0.2) is 28.7 Å². The number of amides is 3. The first kappa shape index (κ1) is 15.4. The summed E-state index contributed by atoms with van der Waals surface area (Å²) in [6.45, 7) is 0. The molecule has 110 valence electrons. The number of thiophene rings is 1. The summed E-state index contributed by atoms with van der Waals surface area (Å²) in [6.07, 6.45) is 0. The zero-order valence-electron chi connectivity index (χ0n) is 10.3. The number of nitrogens with zero attached hydrogens (tertiary/aromatic N) is 1. The molecular weight excluding hydrogens is 336 g/mol. The summed E-state index contributed by atoms with van der Waals surface area (Å²) in [4.78, 5) is 38.9. The SMILES string of the molecule is NC(=O)C(NC(=O)c1csc(-c2ccc(Cl)s2)n1)C(N)=O. The molecule has 7 nitrogen and oxygen atoms in total. The van der Waals surface area contributed by atoms with E-state index in [0.717, 1.165) is 4.88 Å². The molecule has 2 aromatic rings. The molecule has 2 heterocycles. The van der Waals surface area contributed by atoms with Crippen molar-refractivity contribution in [2.24, 2.45) is 11.5 Å². The molecule has 10 heteroatoms. The second-order valence-electron chi connectivity index (χ2n) is 3.85. The van der Waals surface area contributed by atoms with Crippen LogP contribution in [0.15, 0.2) is 17.5 Å². The Bertz CT molecular complexity index is 698. The van der Waals surface area contributed by atoms with Crippen LogP contribution in [0.3, 0.4) is 0 Å². The van der Waals surface area contributed by atoms with Gasteiger partial charge in [-0.05, 0) is 12.1 Å². The van der Waals surface area contributed by atoms with E-state index in [-0.39, 0.29) is 5.69 Å². The van der Waals surface area contributed by atoms with Gasteiger partial charge in [0, 0.05) is 5.38 Å². The molecule has 0 spiro atoms. The highest BCUT2D eigenvalue weighted by atomic mass is 35.5. The minimum atomic E-state index is -1.57. The van der Waals surface area contributed by atoms with Crippen LogP contribution in [0.25, 0.3) is 9.88 Å². The molecule has 0 aliphatic carbocycles. The van der Waals surface area contributed by atoms with Gasteiger partial charge in [0.15, 0.2) is 6.04 Å². The number of hydrogen-bond acceptors (Lipinski definition) is 6. The quantitative estimate of drug-likeness (QED) is 0.686. The van der Waals surface area contributed by atoms with Gasteiger partial charge in [-0.2, -0.15) is 0 Å². The van der Waals surface area contributed by atoms with Crippen LogP contribution in [0.2, 0.25) is 4.34 Å². The molecule has 3 amide bonds. The number of carbonyl (C=O) groups is 3. The summed E-state index contributed by atoms with van der Waals surface area (Å²) in [7, 11) is 0. The van der Waals surface area contributed by atoms with Crippen molar-refractivity contribution in [1.82, 2.24) is 10.3 Å². The molecular formula is C11H9ClN4O3S2. The third kappa shape index (κ3) is 3.57. The van der Waals surface area contributed by atoms with Crippen LogP contribution in [0.1, 0.15) is 10.5 Å². The molecule has 0 aromatic carbocycles. The first-order chi connectivity index (χ1) is 9.88.